The summed E-state index contributed by atoms with van der Waals surface area (Å²) in [6, 6.07) is 16.4. The molecule has 0 spiro atoms. The van der Waals surface area contributed by atoms with Crippen LogP contribution in [0.1, 0.15) is 42.5 Å². The third kappa shape index (κ3) is 5.15. The number of rotatable bonds is 7. The molecule has 2 heterocycles. The molecule has 1 aliphatic carbocycles. The smallest absolute Gasteiger partial charge is 0.338 e. The number of ketones is 1. The van der Waals surface area contributed by atoms with Crippen LogP contribution >= 0.6 is 22.9 Å². The van der Waals surface area contributed by atoms with Crippen LogP contribution in [0.2, 0.25) is 5.02 Å². The van der Waals surface area contributed by atoms with Crippen LogP contribution < -0.4 is 10.6 Å². The van der Waals surface area contributed by atoms with Crippen molar-refractivity contribution in [3.8, 4) is 0 Å². The number of nitrogens with zero attached hydrogens (tertiary/aromatic N) is 1. The van der Waals surface area contributed by atoms with Gasteiger partial charge in [0, 0.05) is 27.1 Å². The van der Waals surface area contributed by atoms with Crippen LogP contribution in [-0.2, 0) is 23.9 Å². The first-order valence-electron chi connectivity index (χ1n) is 13.2. The van der Waals surface area contributed by atoms with E-state index in [4.69, 9.17) is 26.8 Å². The average Bonchev–Trinajstić information content (AvgIpc) is 3.48. The lowest BCUT2D eigenvalue weighted by Crippen LogP contribution is -2.46. The maximum Gasteiger partial charge on any atom is 0.338 e. The Balaban J connectivity index is 1.83. The normalized spacial score (nSPS) is 20.6. The SMILES string of the molecule is CCOC(=O)C1=C(N)N(c2ccccc2F)C2=C(C(=O)[C@@H](C(=O)OCC)[C@H](c3cccs3)C2)[C@@H]1c1cccc(Cl)c1. The molecule has 0 bridgehead atoms. The molecule has 41 heavy (non-hydrogen) atoms. The highest BCUT2D eigenvalue weighted by atomic mass is 35.5. The lowest BCUT2D eigenvalue weighted by atomic mass is 9.68. The highest BCUT2D eigenvalue weighted by molar-refractivity contribution is 7.10. The van der Waals surface area contributed by atoms with Gasteiger partial charge >= 0.3 is 11.9 Å². The number of benzene rings is 2. The maximum absolute atomic E-state index is 15.4. The van der Waals surface area contributed by atoms with Crippen LogP contribution in [-0.4, -0.2) is 30.9 Å². The number of hydrogen-bond donors (Lipinski definition) is 1. The predicted molar refractivity (Wildman–Crippen MR) is 155 cm³/mol. The van der Waals surface area contributed by atoms with Crippen molar-refractivity contribution >= 4 is 46.3 Å². The fourth-order valence-electron chi connectivity index (χ4n) is 5.64. The molecule has 0 saturated heterocycles. The summed E-state index contributed by atoms with van der Waals surface area (Å²) < 4.78 is 26.2. The summed E-state index contributed by atoms with van der Waals surface area (Å²) >= 11 is 7.77. The van der Waals surface area contributed by atoms with Gasteiger partial charge in [-0.25, -0.2) is 9.18 Å². The van der Waals surface area contributed by atoms with Crippen molar-refractivity contribution in [2.45, 2.75) is 32.1 Å². The largest absolute Gasteiger partial charge is 0.465 e. The highest BCUT2D eigenvalue weighted by Crippen LogP contribution is 2.52. The third-order valence-electron chi connectivity index (χ3n) is 7.26. The number of esters is 2. The minimum absolute atomic E-state index is 0.0401. The van der Waals surface area contributed by atoms with Crippen LogP contribution in [0.3, 0.4) is 0 Å². The van der Waals surface area contributed by atoms with E-state index in [0.717, 1.165) is 4.88 Å². The van der Waals surface area contributed by atoms with Crippen molar-refractivity contribution in [3.63, 3.8) is 0 Å². The van der Waals surface area contributed by atoms with Crippen molar-refractivity contribution in [2.75, 3.05) is 18.1 Å². The Hall–Kier alpha value is -3.95. The zero-order valence-corrected chi connectivity index (χ0v) is 24.0. The van der Waals surface area contributed by atoms with Crippen LogP contribution in [0.4, 0.5) is 10.1 Å². The van der Waals surface area contributed by atoms with Gasteiger partial charge in [-0.2, -0.15) is 0 Å². The second-order valence-corrected chi connectivity index (χ2v) is 11.0. The molecule has 0 fully saturated rings. The molecule has 2 N–H and O–H groups in total. The van der Waals surface area contributed by atoms with Gasteiger partial charge in [0.15, 0.2) is 5.78 Å². The summed E-state index contributed by atoms with van der Waals surface area (Å²) in [5.41, 5.74) is 7.83. The van der Waals surface area contributed by atoms with Crippen molar-refractivity contribution in [2.24, 2.45) is 11.7 Å². The van der Waals surface area contributed by atoms with E-state index in [1.807, 2.05) is 17.5 Å². The Labute approximate surface area is 246 Å². The Kier molecular flexibility index (Phi) is 8.28. The number of hydrogen-bond acceptors (Lipinski definition) is 8. The molecule has 0 radical (unpaired) electrons. The number of ether oxygens (including phenoxy) is 2. The molecule has 3 atom stereocenters. The number of allylic oxidation sites excluding steroid dienone is 2. The summed E-state index contributed by atoms with van der Waals surface area (Å²) in [7, 11) is 0. The number of Topliss-reactive ketones (excluding diaryl/α,β-unsaturated/α-hetero) is 1. The van der Waals surface area contributed by atoms with E-state index in [9.17, 15) is 14.4 Å². The predicted octanol–water partition coefficient (Wildman–Crippen LogP) is 6.07. The van der Waals surface area contributed by atoms with E-state index in [2.05, 4.69) is 0 Å². The van der Waals surface area contributed by atoms with E-state index in [1.165, 1.54) is 34.4 Å². The van der Waals surface area contributed by atoms with Crippen molar-refractivity contribution in [1.82, 2.24) is 0 Å². The van der Waals surface area contributed by atoms with Gasteiger partial charge in [-0.15, -0.1) is 11.3 Å². The molecule has 1 aromatic heterocycles. The molecule has 2 aliphatic rings. The molecule has 2 aromatic carbocycles. The lowest BCUT2D eigenvalue weighted by Gasteiger charge is -2.43. The van der Waals surface area contributed by atoms with Crippen LogP contribution in [0, 0.1) is 11.7 Å². The van der Waals surface area contributed by atoms with E-state index in [-0.39, 0.29) is 42.3 Å². The Bertz CT molecular complexity index is 1570. The molecule has 0 unspecified atom stereocenters. The summed E-state index contributed by atoms with van der Waals surface area (Å²) in [6.45, 7) is 3.46. The molecular formula is C31H28ClFN2O5S. The quantitative estimate of drug-likeness (QED) is 0.262. The monoisotopic (exact) mass is 594 g/mol. The molecule has 0 amide bonds. The van der Waals surface area contributed by atoms with Crippen molar-refractivity contribution < 1.29 is 28.2 Å². The lowest BCUT2D eigenvalue weighted by molar-refractivity contribution is -0.152. The van der Waals surface area contributed by atoms with Gasteiger partial charge in [-0.1, -0.05) is 41.9 Å². The van der Waals surface area contributed by atoms with E-state index >= 15 is 4.39 Å². The van der Waals surface area contributed by atoms with E-state index < -0.39 is 41.3 Å². The molecule has 3 aromatic rings. The summed E-state index contributed by atoms with van der Waals surface area (Å²) in [6.07, 6.45) is 0.160. The van der Waals surface area contributed by atoms with Crippen LogP contribution in [0.25, 0.3) is 0 Å². The average molecular weight is 595 g/mol. The minimum Gasteiger partial charge on any atom is -0.465 e. The van der Waals surface area contributed by atoms with Crippen LogP contribution in [0.15, 0.2) is 88.7 Å². The molecule has 212 valence electrons. The number of para-hydroxylation sites is 1. The highest BCUT2D eigenvalue weighted by Gasteiger charge is 2.51. The Morgan fingerprint density at radius 1 is 1.07 bits per heavy atom. The molecule has 1 aliphatic heterocycles. The van der Waals surface area contributed by atoms with Gasteiger partial charge in [0.2, 0.25) is 0 Å². The molecule has 5 rings (SSSR count). The Morgan fingerprint density at radius 2 is 1.83 bits per heavy atom. The third-order valence-corrected chi connectivity index (χ3v) is 8.50. The van der Waals surface area contributed by atoms with Gasteiger partial charge < -0.3 is 15.2 Å². The first kappa shape index (κ1) is 28.6. The number of halogens is 2. The number of anilines is 1. The van der Waals surface area contributed by atoms with Gasteiger partial charge in [-0.05, 0) is 61.5 Å². The molecule has 7 nitrogen and oxygen atoms in total. The zero-order valence-electron chi connectivity index (χ0n) is 22.4. The van der Waals surface area contributed by atoms with E-state index in [0.29, 0.717) is 16.3 Å². The van der Waals surface area contributed by atoms with Crippen molar-refractivity contribution in [3.05, 3.63) is 110 Å². The maximum atomic E-state index is 15.4. The fourth-order valence-corrected chi connectivity index (χ4v) is 6.70. The van der Waals surface area contributed by atoms with Gasteiger partial charge in [0.05, 0.1) is 30.4 Å². The standard InChI is InChI=1S/C31H28ClFN2O5S/c1-3-39-30(37)25-19(23-13-8-14-41-23)16-22-26(28(25)36)24(17-9-7-10-18(32)15-17)27(31(38)40-4-2)29(34)35(22)21-12-6-5-11-20(21)33/h5-15,19,24-25H,3-4,16,34H2,1-2H3/t19-,24-,25-/m0/s1. The molecular weight excluding hydrogens is 567 g/mol. The van der Waals surface area contributed by atoms with Gasteiger partial charge in [-0.3, -0.25) is 14.5 Å². The number of nitrogens with two attached hydrogens (primary N) is 1. The molecule has 10 heteroatoms. The van der Waals surface area contributed by atoms with Gasteiger partial charge in [0.1, 0.15) is 17.6 Å². The second kappa shape index (κ2) is 11.9. The summed E-state index contributed by atoms with van der Waals surface area (Å²) in [5, 5.41) is 2.24. The second-order valence-electron chi connectivity index (χ2n) is 9.57. The first-order valence-corrected chi connectivity index (χ1v) is 14.5. The minimum atomic E-state index is -1.18. The Morgan fingerprint density at radius 3 is 2.49 bits per heavy atom. The topological polar surface area (TPSA) is 98.9 Å². The van der Waals surface area contributed by atoms with Crippen LogP contribution in [0.5, 0.6) is 0 Å². The fraction of sp³-hybridized carbons (Fsp3) is 0.258. The summed E-state index contributed by atoms with van der Waals surface area (Å²) in [5.74, 6) is -5.40. The van der Waals surface area contributed by atoms with E-state index in [1.54, 1.807) is 44.2 Å². The van der Waals surface area contributed by atoms with Gasteiger partial charge in [0.25, 0.3) is 0 Å². The summed E-state index contributed by atoms with van der Waals surface area (Å²) in [4.78, 5) is 43.8. The molecule has 0 saturated carbocycles. The van der Waals surface area contributed by atoms with Crippen molar-refractivity contribution in [1.29, 1.82) is 0 Å². The number of carbonyl (C=O) groups excluding carboxylic acids is 3. The zero-order chi connectivity index (χ0) is 29.3. The number of carbonyl (C=O) groups is 3. The first-order chi connectivity index (χ1) is 19.8. The number of thiophene rings is 1.